The predicted molar refractivity (Wildman–Crippen MR) is 73.5 cm³/mol. The van der Waals surface area contributed by atoms with Crippen LogP contribution in [0.5, 0.6) is 0 Å². The molecule has 0 bridgehead atoms. The van der Waals surface area contributed by atoms with Crippen LogP contribution in [-0.4, -0.2) is 54.5 Å². The number of carbonyl (C=O) groups is 2. The Hall–Kier alpha value is -2.21. The van der Waals surface area contributed by atoms with Crippen molar-refractivity contribution < 1.29 is 14.3 Å². The van der Waals surface area contributed by atoms with Crippen LogP contribution in [0.2, 0.25) is 0 Å². The number of nitrogens with zero attached hydrogens (tertiary/aromatic N) is 2. The van der Waals surface area contributed by atoms with Crippen LogP contribution in [0, 0.1) is 0 Å². The molecule has 0 unspecified atom stereocenters. The highest BCUT2D eigenvalue weighted by molar-refractivity contribution is 5.98. The molecule has 2 heterocycles. The minimum absolute atomic E-state index is 0.174. The van der Waals surface area contributed by atoms with Gasteiger partial charge in [-0.15, -0.1) is 6.58 Å². The largest absolute Gasteiger partial charge is 0.378 e. The topological polar surface area (TPSA) is 71.5 Å². The number of amides is 2. The normalized spacial score (nSPS) is 14.7. The van der Waals surface area contributed by atoms with Crippen LogP contribution < -0.4 is 5.32 Å². The van der Waals surface area contributed by atoms with Gasteiger partial charge in [-0.2, -0.15) is 0 Å². The number of nitrogens with one attached hydrogen (secondary N) is 1. The highest BCUT2D eigenvalue weighted by Gasteiger charge is 2.20. The van der Waals surface area contributed by atoms with Crippen molar-refractivity contribution in [1.29, 1.82) is 0 Å². The summed E-state index contributed by atoms with van der Waals surface area (Å²) in [6.45, 7) is 6.08. The highest BCUT2D eigenvalue weighted by Crippen LogP contribution is 2.07. The van der Waals surface area contributed by atoms with E-state index in [1.807, 2.05) is 0 Å². The van der Waals surface area contributed by atoms with Crippen molar-refractivity contribution >= 4 is 11.8 Å². The van der Waals surface area contributed by atoms with Gasteiger partial charge in [0.05, 0.1) is 13.2 Å². The van der Waals surface area contributed by atoms with Crippen molar-refractivity contribution in [1.82, 2.24) is 15.2 Å². The van der Waals surface area contributed by atoms with Gasteiger partial charge in [0.2, 0.25) is 0 Å². The van der Waals surface area contributed by atoms with Gasteiger partial charge in [-0.05, 0) is 12.1 Å². The summed E-state index contributed by atoms with van der Waals surface area (Å²) in [5, 5.41) is 2.66. The Bertz CT molecular complexity index is 510. The Morgan fingerprint density at radius 1 is 1.45 bits per heavy atom. The number of carbonyl (C=O) groups excluding carboxylic acids is 2. The van der Waals surface area contributed by atoms with E-state index in [1.165, 1.54) is 12.3 Å². The number of hydrogen-bond donors (Lipinski definition) is 1. The van der Waals surface area contributed by atoms with Crippen LogP contribution in [0.1, 0.15) is 20.8 Å². The van der Waals surface area contributed by atoms with E-state index in [0.717, 1.165) is 0 Å². The van der Waals surface area contributed by atoms with Crippen LogP contribution in [0.4, 0.5) is 0 Å². The molecule has 2 rings (SSSR count). The van der Waals surface area contributed by atoms with Crippen molar-refractivity contribution in [3.05, 3.63) is 42.2 Å². The van der Waals surface area contributed by atoms with Crippen LogP contribution in [0.3, 0.4) is 0 Å². The molecular formula is C14H17N3O3. The molecule has 1 aliphatic heterocycles. The van der Waals surface area contributed by atoms with Gasteiger partial charge in [0.1, 0.15) is 5.69 Å². The van der Waals surface area contributed by atoms with Gasteiger partial charge in [-0.1, -0.05) is 6.08 Å². The molecule has 6 nitrogen and oxygen atoms in total. The summed E-state index contributed by atoms with van der Waals surface area (Å²) >= 11 is 0. The van der Waals surface area contributed by atoms with E-state index in [1.54, 1.807) is 17.0 Å². The molecule has 0 aromatic carbocycles. The number of rotatable bonds is 4. The Labute approximate surface area is 117 Å². The predicted octanol–water partition coefficient (Wildman–Crippen LogP) is 0.470. The summed E-state index contributed by atoms with van der Waals surface area (Å²) in [5.41, 5.74) is 0.691. The smallest absolute Gasteiger partial charge is 0.272 e. The Morgan fingerprint density at radius 3 is 2.90 bits per heavy atom. The monoisotopic (exact) mass is 275 g/mol. The number of ether oxygens (including phenoxy) is 1. The first kappa shape index (κ1) is 14.2. The molecule has 1 aromatic rings. The number of hydrogen-bond acceptors (Lipinski definition) is 4. The number of aromatic nitrogens is 1. The molecule has 0 saturated carbocycles. The van der Waals surface area contributed by atoms with Crippen LogP contribution in [-0.2, 0) is 4.74 Å². The van der Waals surface area contributed by atoms with Crippen molar-refractivity contribution in [3.8, 4) is 0 Å². The van der Waals surface area contributed by atoms with Gasteiger partial charge in [-0.3, -0.25) is 14.6 Å². The zero-order valence-electron chi connectivity index (χ0n) is 11.2. The molecule has 1 N–H and O–H groups in total. The zero-order chi connectivity index (χ0) is 14.4. The fourth-order valence-corrected chi connectivity index (χ4v) is 1.88. The average molecular weight is 275 g/mol. The van der Waals surface area contributed by atoms with Gasteiger partial charge >= 0.3 is 0 Å². The van der Waals surface area contributed by atoms with Crippen molar-refractivity contribution in [2.75, 3.05) is 32.8 Å². The average Bonchev–Trinajstić information content (AvgIpc) is 2.52. The molecule has 1 aliphatic rings. The Balaban J connectivity index is 2.10. The number of morpholine rings is 1. The van der Waals surface area contributed by atoms with Crippen molar-refractivity contribution in [3.63, 3.8) is 0 Å². The fourth-order valence-electron chi connectivity index (χ4n) is 1.88. The molecule has 0 spiro atoms. The summed E-state index contributed by atoms with van der Waals surface area (Å²) in [4.78, 5) is 29.8. The molecular weight excluding hydrogens is 258 g/mol. The van der Waals surface area contributed by atoms with Gasteiger partial charge < -0.3 is 15.0 Å². The van der Waals surface area contributed by atoms with E-state index in [0.29, 0.717) is 38.4 Å². The summed E-state index contributed by atoms with van der Waals surface area (Å²) in [7, 11) is 0. The quantitative estimate of drug-likeness (QED) is 0.811. The molecule has 2 amide bonds. The summed E-state index contributed by atoms with van der Waals surface area (Å²) in [6.07, 6.45) is 3.06. The SMILES string of the molecule is C=CCNC(=O)c1ccnc(C(=O)N2CCOCC2)c1. The van der Waals surface area contributed by atoms with E-state index in [2.05, 4.69) is 16.9 Å². The lowest BCUT2D eigenvalue weighted by atomic mass is 10.2. The molecule has 0 radical (unpaired) electrons. The molecule has 6 heteroatoms. The van der Waals surface area contributed by atoms with Crippen molar-refractivity contribution in [2.45, 2.75) is 0 Å². The van der Waals surface area contributed by atoms with E-state index < -0.39 is 0 Å². The van der Waals surface area contributed by atoms with Gasteiger partial charge in [0.15, 0.2) is 0 Å². The standard InChI is InChI=1S/C14H17N3O3/c1-2-4-16-13(18)11-3-5-15-12(10-11)14(19)17-6-8-20-9-7-17/h2-3,5,10H,1,4,6-9H2,(H,16,18). The van der Waals surface area contributed by atoms with Crippen LogP contribution in [0.15, 0.2) is 31.0 Å². The third-order valence-electron chi connectivity index (χ3n) is 2.95. The maximum Gasteiger partial charge on any atom is 0.272 e. The third kappa shape index (κ3) is 3.42. The lowest BCUT2D eigenvalue weighted by Crippen LogP contribution is -2.41. The van der Waals surface area contributed by atoms with E-state index in [9.17, 15) is 9.59 Å². The Morgan fingerprint density at radius 2 is 2.20 bits per heavy atom. The molecule has 0 atom stereocenters. The minimum atomic E-state index is -0.247. The first-order valence-electron chi connectivity index (χ1n) is 6.44. The highest BCUT2D eigenvalue weighted by atomic mass is 16.5. The van der Waals surface area contributed by atoms with Gasteiger partial charge in [0, 0.05) is 31.4 Å². The van der Waals surface area contributed by atoms with Crippen molar-refractivity contribution in [2.24, 2.45) is 0 Å². The lowest BCUT2D eigenvalue weighted by molar-refractivity contribution is 0.0299. The van der Waals surface area contributed by atoms with Gasteiger partial charge in [0.25, 0.3) is 11.8 Å². The van der Waals surface area contributed by atoms with E-state index in [-0.39, 0.29) is 17.5 Å². The van der Waals surface area contributed by atoms with E-state index >= 15 is 0 Å². The molecule has 1 aromatic heterocycles. The van der Waals surface area contributed by atoms with Crippen LogP contribution in [0.25, 0.3) is 0 Å². The molecule has 1 fully saturated rings. The zero-order valence-corrected chi connectivity index (χ0v) is 11.2. The second kappa shape index (κ2) is 6.81. The van der Waals surface area contributed by atoms with E-state index in [4.69, 9.17) is 4.74 Å². The maximum atomic E-state index is 12.2. The Kier molecular flexibility index (Phi) is 4.84. The maximum absolute atomic E-state index is 12.2. The third-order valence-corrected chi connectivity index (χ3v) is 2.95. The molecule has 0 aliphatic carbocycles. The first-order valence-corrected chi connectivity index (χ1v) is 6.44. The summed E-state index contributed by atoms with van der Waals surface area (Å²) < 4.78 is 5.20. The molecule has 20 heavy (non-hydrogen) atoms. The minimum Gasteiger partial charge on any atom is -0.378 e. The molecule has 106 valence electrons. The summed E-state index contributed by atoms with van der Waals surface area (Å²) in [5.74, 6) is -0.421. The van der Waals surface area contributed by atoms with Crippen LogP contribution >= 0.6 is 0 Å². The lowest BCUT2D eigenvalue weighted by Gasteiger charge is -2.26. The fraction of sp³-hybridized carbons (Fsp3) is 0.357. The second-order valence-electron chi connectivity index (χ2n) is 4.33. The van der Waals surface area contributed by atoms with Gasteiger partial charge in [-0.25, -0.2) is 0 Å². The second-order valence-corrected chi connectivity index (χ2v) is 4.33. The number of pyridine rings is 1. The first-order chi connectivity index (χ1) is 9.72. The summed E-state index contributed by atoms with van der Waals surface area (Å²) in [6, 6.07) is 3.09. The molecule has 1 saturated heterocycles.